The minimum atomic E-state index is -0.164. The normalized spacial score (nSPS) is 11.0. The van der Waals surface area contributed by atoms with E-state index in [0.717, 1.165) is 16.6 Å². The number of rotatable bonds is 7. The Morgan fingerprint density at radius 3 is 2.56 bits per heavy atom. The Morgan fingerprint density at radius 1 is 1.06 bits per heavy atom. The van der Waals surface area contributed by atoms with Gasteiger partial charge in [-0.15, -0.1) is 0 Å². The summed E-state index contributed by atoms with van der Waals surface area (Å²) in [4.78, 5) is 30.8. The lowest BCUT2D eigenvalue weighted by Crippen LogP contribution is -2.12. The van der Waals surface area contributed by atoms with Crippen LogP contribution in [0.3, 0.4) is 0 Å². The summed E-state index contributed by atoms with van der Waals surface area (Å²) in [5.74, 6) is 0.601. The molecule has 34 heavy (non-hydrogen) atoms. The lowest BCUT2D eigenvalue weighted by atomic mass is 10.1. The summed E-state index contributed by atoms with van der Waals surface area (Å²) in [5.41, 5.74) is 4.29. The van der Waals surface area contributed by atoms with Crippen molar-refractivity contribution in [1.82, 2.24) is 24.8 Å². The number of hydrogen-bond acceptors (Lipinski definition) is 9. The van der Waals surface area contributed by atoms with Gasteiger partial charge in [0.15, 0.2) is 0 Å². The van der Waals surface area contributed by atoms with Crippen LogP contribution in [0.1, 0.15) is 12.5 Å². The first-order valence-electron chi connectivity index (χ1n) is 10.5. The monoisotopic (exact) mass is 459 g/mol. The van der Waals surface area contributed by atoms with Crippen molar-refractivity contribution in [3.05, 3.63) is 54.5 Å². The van der Waals surface area contributed by atoms with Crippen molar-refractivity contribution in [1.29, 1.82) is 0 Å². The largest absolute Gasteiger partial charge is 0.494 e. The second kappa shape index (κ2) is 9.67. The summed E-state index contributed by atoms with van der Waals surface area (Å²) in [6.45, 7) is 2.18. The number of benzene rings is 2. The van der Waals surface area contributed by atoms with E-state index >= 15 is 0 Å². The molecule has 0 atom stereocenters. The van der Waals surface area contributed by atoms with Crippen LogP contribution in [0.25, 0.3) is 22.2 Å². The molecule has 10 nitrogen and oxygen atoms in total. The number of fused-ring (bicyclic) bond motifs is 1. The molecule has 4 aromatic rings. The molecule has 3 N–H and O–H groups in total. The average Bonchev–Trinajstić information content (AvgIpc) is 2.77. The second-order valence-electron chi connectivity index (χ2n) is 8.04. The van der Waals surface area contributed by atoms with Crippen molar-refractivity contribution in [3.63, 3.8) is 0 Å². The predicted octanol–water partition coefficient (Wildman–Crippen LogP) is 3.56. The maximum atomic E-state index is 11.6. The third-order valence-corrected chi connectivity index (χ3v) is 4.85. The van der Waals surface area contributed by atoms with Crippen LogP contribution in [0, 0.1) is 0 Å². The SMILES string of the molecule is COc1cc(-c2cncc(O)n2)cc2cnc(Nc3cc(CN(C)C)cc(NC(C)=O)c3)nc12. The van der Waals surface area contributed by atoms with Gasteiger partial charge in [0.1, 0.15) is 11.3 Å². The number of amides is 1. The number of aromatic nitrogens is 4. The summed E-state index contributed by atoms with van der Waals surface area (Å²) in [6.07, 6.45) is 4.52. The van der Waals surface area contributed by atoms with Crippen LogP contribution in [0.2, 0.25) is 0 Å². The predicted molar refractivity (Wildman–Crippen MR) is 130 cm³/mol. The molecule has 2 heterocycles. The first-order valence-corrected chi connectivity index (χ1v) is 10.5. The van der Waals surface area contributed by atoms with Crippen LogP contribution in [0.5, 0.6) is 11.6 Å². The number of aromatic hydroxyl groups is 1. The summed E-state index contributed by atoms with van der Waals surface area (Å²) in [6, 6.07) is 9.39. The molecular formula is C24H25N7O3. The van der Waals surface area contributed by atoms with Crippen molar-refractivity contribution >= 4 is 34.1 Å². The lowest BCUT2D eigenvalue weighted by molar-refractivity contribution is -0.114. The fourth-order valence-corrected chi connectivity index (χ4v) is 3.60. The highest BCUT2D eigenvalue weighted by atomic mass is 16.5. The molecule has 1 amide bonds. The van der Waals surface area contributed by atoms with Gasteiger partial charge in [0.05, 0.1) is 25.2 Å². The average molecular weight is 460 g/mol. The molecule has 174 valence electrons. The Hall–Kier alpha value is -4.31. The van der Waals surface area contributed by atoms with E-state index in [4.69, 9.17) is 4.74 Å². The van der Waals surface area contributed by atoms with Crippen molar-refractivity contribution in [2.75, 3.05) is 31.8 Å². The Bertz CT molecular complexity index is 1360. The van der Waals surface area contributed by atoms with E-state index in [1.54, 1.807) is 25.6 Å². The number of methoxy groups -OCH3 is 1. The molecule has 0 aliphatic heterocycles. The van der Waals surface area contributed by atoms with Gasteiger partial charge in [0.25, 0.3) is 0 Å². The molecule has 0 fully saturated rings. The van der Waals surface area contributed by atoms with E-state index in [0.29, 0.717) is 40.7 Å². The third kappa shape index (κ3) is 5.36. The highest BCUT2D eigenvalue weighted by molar-refractivity contribution is 5.91. The highest BCUT2D eigenvalue weighted by Gasteiger charge is 2.12. The van der Waals surface area contributed by atoms with Crippen LogP contribution in [-0.4, -0.2) is 57.1 Å². The van der Waals surface area contributed by atoms with Crippen LogP contribution in [-0.2, 0) is 11.3 Å². The smallest absolute Gasteiger partial charge is 0.230 e. The maximum Gasteiger partial charge on any atom is 0.230 e. The van der Waals surface area contributed by atoms with Gasteiger partial charge in [0, 0.05) is 42.0 Å². The molecule has 2 aromatic heterocycles. The van der Waals surface area contributed by atoms with E-state index in [1.165, 1.54) is 13.1 Å². The van der Waals surface area contributed by atoms with E-state index < -0.39 is 0 Å². The zero-order chi connectivity index (χ0) is 24.2. The van der Waals surface area contributed by atoms with Crippen LogP contribution < -0.4 is 15.4 Å². The number of carbonyl (C=O) groups excluding carboxylic acids is 1. The Labute approximate surface area is 196 Å². The van der Waals surface area contributed by atoms with Crippen molar-refractivity contribution in [2.24, 2.45) is 0 Å². The van der Waals surface area contributed by atoms with E-state index in [-0.39, 0.29) is 11.8 Å². The van der Waals surface area contributed by atoms with Gasteiger partial charge in [-0.25, -0.2) is 15.0 Å². The van der Waals surface area contributed by atoms with Gasteiger partial charge in [-0.1, -0.05) is 0 Å². The summed E-state index contributed by atoms with van der Waals surface area (Å²) < 4.78 is 5.57. The van der Waals surface area contributed by atoms with Crippen molar-refractivity contribution < 1.29 is 14.6 Å². The summed E-state index contributed by atoms with van der Waals surface area (Å²) in [7, 11) is 5.52. The number of hydrogen-bond donors (Lipinski definition) is 3. The number of carbonyl (C=O) groups is 1. The van der Waals surface area contributed by atoms with E-state index in [1.807, 2.05) is 43.3 Å². The topological polar surface area (TPSA) is 125 Å². The fourth-order valence-electron chi connectivity index (χ4n) is 3.60. The Balaban J connectivity index is 1.70. The summed E-state index contributed by atoms with van der Waals surface area (Å²) in [5, 5.41) is 16.5. The number of ether oxygens (including phenoxy) is 1. The Morgan fingerprint density at radius 2 is 1.85 bits per heavy atom. The first kappa shape index (κ1) is 22.9. The Kier molecular flexibility index (Phi) is 6.51. The highest BCUT2D eigenvalue weighted by Crippen LogP contribution is 2.32. The van der Waals surface area contributed by atoms with Crippen molar-refractivity contribution in [2.45, 2.75) is 13.5 Å². The van der Waals surface area contributed by atoms with E-state index in [2.05, 4.69) is 30.6 Å². The van der Waals surface area contributed by atoms with Gasteiger partial charge in [-0.2, -0.15) is 0 Å². The molecule has 0 bridgehead atoms. The van der Waals surface area contributed by atoms with Gasteiger partial charge in [0.2, 0.25) is 17.7 Å². The third-order valence-electron chi connectivity index (χ3n) is 4.85. The number of nitrogens with one attached hydrogen (secondary N) is 2. The molecule has 0 unspecified atom stereocenters. The lowest BCUT2D eigenvalue weighted by Gasteiger charge is -2.15. The first-order chi connectivity index (χ1) is 16.3. The van der Waals surface area contributed by atoms with Crippen molar-refractivity contribution in [3.8, 4) is 22.9 Å². The molecule has 2 aromatic carbocycles. The molecule has 10 heteroatoms. The number of nitrogens with zero attached hydrogens (tertiary/aromatic N) is 5. The molecule has 0 spiro atoms. The zero-order valence-electron chi connectivity index (χ0n) is 19.3. The van der Waals surface area contributed by atoms with Crippen LogP contribution in [0.4, 0.5) is 17.3 Å². The second-order valence-corrected chi connectivity index (χ2v) is 8.04. The molecular weight excluding hydrogens is 434 g/mol. The fraction of sp³-hybridized carbons (Fsp3) is 0.208. The zero-order valence-corrected chi connectivity index (χ0v) is 19.3. The molecule has 0 radical (unpaired) electrons. The van der Waals surface area contributed by atoms with E-state index in [9.17, 15) is 9.90 Å². The standard InChI is InChI=1S/C24H25N7O3/c1-14(32)27-18-5-15(13-31(2)3)6-19(9-18)28-24-26-10-17-7-16(8-21(34-4)23(17)30-24)20-11-25-12-22(33)29-20/h5-12H,13H2,1-4H3,(H,27,32)(H,29,33)(H,26,28,30). The minimum Gasteiger partial charge on any atom is -0.494 e. The molecule has 0 saturated carbocycles. The summed E-state index contributed by atoms with van der Waals surface area (Å²) >= 11 is 0. The maximum absolute atomic E-state index is 11.6. The molecule has 4 rings (SSSR count). The van der Waals surface area contributed by atoms with Gasteiger partial charge >= 0.3 is 0 Å². The van der Waals surface area contributed by atoms with Crippen LogP contribution >= 0.6 is 0 Å². The van der Waals surface area contributed by atoms with Gasteiger partial charge in [-0.05, 0) is 50.0 Å². The van der Waals surface area contributed by atoms with Gasteiger partial charge in [-0.3, -0.25) is 9.78 Å². The quantitative estimate of drug-likeness (QED) is 0.380. The molecule has 0 saturated heterocycles. The van der Waals surface area contributed by atoms with Crippen LogP contribution in [0.15, 0.2) is 48.9 Å². The molecule has 0 aliphatic rings. The number of anilines is 3. The van der Waals surface area contributed by atoms with Gasteiger partial charge < -0.3 is 25.4 Å². The molecule has 0 aliphatic carbocycles. The minimum absolute atomic E-state index is 0.146.